The SMILES string of the molecule is O=C(O)CCCC=CCC1C(OCc2ccc(-c3ccccc3)cc2)CC(O)C1N1CCCCC1. The number of unbranched alkanes of at least 4 members (excludes halogenated alkanes) is 1. The Morgan fingerprint density at radius 3 is 2.40 bits per heavy atom. The van der Waals surface area contributed by atoms with Crippen molar-refractivity contribution < 1.29 is 19.7 Å². The lowest BCUT2D eigenvalue weighted by atomic mass is 9.93. The molecule has 2 aliphatic rings. The zero-order chi connectivity index (χ0) is 24.5. The Bertz CT molecular complexity index is 937. The highest BCUT2D eigenvalue weighted by atomic mass is 16.5. The molecule has 1 aliphatic heterocycles. The molecule has 1 saturated heterocycles. The van der Waals surface area contributed by atoms with Gasteiger partial charge in [-0.05, 0) is 61.9 Å². The van der Waals surface area contributed by atoms with E-state index in [1.165, 1.54) is 30.4 Å². The highest BCUT2D eigenvalue weighted by molar-refractivity contribution is 5.66. The minimum absolute atomic E-state index is 0.00870. The van der Waals surface area contributed by atoms with Gasteiger partial charge < -0.3 is 14.9 Å². The van der Waals surface area contributed by atoms with Gasteiger partial charge in [0.05, 0.1) is 18.8 Å². The third-order valence-electron chi connectivity index (χ3n) is 7.46. The summed E-state index contributed by atoms with van der Waals surface area (Å²) in [5.41, 5.74) is 3.55. The Kier molecular flexibility index (Phi) is 9.52. The molecule has 5 nitrogen and oxygen atoms in total. The molecule has 5 heteroatoms. The van der Waals surface area contributed by atoms with Gasteiger partial charge in [-0.25, -0.2) is 0 Å². The van der Waals surface area contributed by atoms with Crippen molar-refractivity contribution in [1.82, 2.24) is 4.90 Å². The largest absolute Gasteiger partial charge is 0.481 e. The van der Waals surface area contributed by atoms with Crippen LogP contribution in [0.15, 0.2) is 66.7 Å². The third-order valence-corrected chi connectivity index (χ3v) is 7.46. The minimum Gasteiger partial charge on any atom is -0.481 e. The number of rotatable bonds is 11. The lowest BCUT2D eigenvalue weighted by Gasteiger charge is -2.37. The number of allylic oxidation sites excluding steroid dienone is 2. The van der Waals surface area contributed by atoms with E-state index in [0.717, 1.165) is 31.5 Å². The summed E-state index contributed by atoms with van der Waals surface area (Å²) in [7, 11) is 0. The maximum atomic E-state index is 11.0. The molecule has 188 valence electrons. The third kappa shape index (κ3) is 7.26. The van der Waals surface area contributed by atoms with Crippen molar-refractivity contribution in [2.24, 2.45) is 5.92 Å². The van der Waals surface area contributed by atoms with Crippen molar-refractivity contribution in [3.63, 3.8) is 0 Å². The highest BCUT2D eigenvalue weighted by Gasteiger charge is 2.45. The van der Waals surface area contributed by atoms with Crippen LogP contribution in [0.1, 0.15) is 56.9 Å². The molecule has 0 aromatic heterocycles. The lowest BCUT2D eigenvalue weighted by Crippen LogP contribution is -2.47. The standard InChI is InChI=1S/C30H39NO4/c32-27-21-28(35-22-23-15-17-25(18-16-23)24-11-5-3-6-12-24)26(13-7-1-2-8-14-29(33)34)30(27)31-19-9-4-10-20-31/h1,3,5-7,11-12,15-18,26-28,30,32H,2,4,8-10,13-14,19-22H2,(H,33,34). The number of aliphatic hydroxyl groups excluding tert-OH is 1. The maximum absolute atomic E-state index is 11.0. The number of aliphatic hydroxyl groups is 1. The van der Waals surface area contributed by atoms with Gasteiger partial charge in [-0.3, -0.25) is 9.69 Å². The van der Waals surface area contributed by atoms with Crippen LogP contribution in [-0.4, -0.2) is 52.4 Å². The van der Waals surface area contributed by atoms with E-state index in [-0.39, 0.29) is 30.6 Å². The molecule has 4 atom stereocenters. The molecule has 0 radical (unpaired) electrons. The van der Waals surface area contributed by atoms with Crippen molar-refractivity contribution in [3.8, 4) is 11.1 Å². The van der Waals surface area contributed by atoms with Crippen LogP contribution in [0.5, 0.6) is 0 Å². The first-order valence-corrected chi connectivity index (χ1v) is 13.2. The number of carbonyl (C=O) groups is 1. The van der Waals surface area contributed by atoms with Crippen LogP contribution >= 0.6 is 0 Å². The van der Waals surface area contributed by atoms with Gasteiger partial charge in [0.15, 0.2) is 0 Å². The van der Waals surface area contributed by atoms with Gasteiger partial charge in [-0.15, -0.1) is 0 Å². The average Bonchev–Trinajstić information content (AvgIpc) is 3.20. The van der Waals surface area contributed by atoms with E-state index in [9.17, 15) is 9.90 Å². The van der Waals surface area contributed by atoms with Crippen LogP contribution in [0, 0.1) is 5.92 Å². The number of hydrogen-bond donors (Lipinski definition) is 2. The summed E-state index contributed by atoms with van der Waals surface area (Å²) in [4.78, 5) is 13.2. The Morgan fingerprint density at radius 1 is 0.971 bits per heavy atom. The van der Waals surface area contributed by atoms with Crippen LogP contribution < -0.4 is 0 Å². The fraction of sp³-hybridized carbons (Fsp3) is 0.500. The van der Waals surface area contributed by atoms with Crippen LogP contribution in [0.4, 0.5) is 0 Å². The molecule has 4 unspecified atom stereocenters. The summed E-state index contributed by atoms with van der Waals surface area (Å²) in [5.74, 6) is -0.504. The summed E-state index contributed by atoms with van der Waals surface area (Å²) in [6.45, 7) is 2.64. The van der Waals surface area contributed by atoms with E-state index in [2.05, 4.69) is 65.6 Å². The van der Waals surface area contributed by atoms with Crippen molar-refractivity contribution >= 4 is 5.97 Å². The van der Waals surface area contributed by atoms with Gasteiger partial charge in [-0.1, -0.05) is 73.2 Å². The monoisotopic (exact) mass is 477 g/mol. The van der Waals surface area contributed by atoms with Gasteiger partial charge in [0.25, 0.3) is 0 Å². The fourth-order valence-corrected chi connectivity index (χ4v) is 5.64. The number of nitrogens with zero attached hydrogens (tertiary/aromatic N) is 1. The number of likely N-dealkylation sites (tertiary alicyclic amines) is 1. The molecule has 2 fully saturated rings. The van der Waals surface area contributed by atoms with Crippen molar-refractivity contribution in [2.45, 2.75) is 76.2 Å². The molecule has 2 aromatic carbocycles. The quantitative estimate of drug-likeness (QED) is 0.322. The molecular formula is C30H39NO4. The summed E-state index contributed by atoms with van der Waals surface area (Å²) in [5, 5.41) is 19.9. The Hall–Kier alpha value is -2.47. The smallest absolute Gasteiger partial charge is 0.303 e. The topological polar surface area (TPSA) is 70.0 Å². The second-order valence-electron chi connectivity index (χ2n) is 9.96. The van der Waals surface area contributed by atoms with Gasteiger partial charge >= 0.3 is 5.97 Å². The Balaban J connectivity index is 1.38. The summed E-state index contributed by atoms with van der Waals surface area (Å²) in [6.07, 6.45) is 10.7. The first-order valence-electron chi connectivity index (χ1n) is 13.2. The first kappa shape index (κ1) is 25.6. The molecule has 2 N–H and O–H groups in total. The maximum Gasteiger partial charge on any atom is 0.303 e. The van der Waals surface area contributed by atoms with Gasteiger partial charge in [-0.2, -0.15) is 0 Å². The highest BCUT2D eigenvalue weighted by Crippen LogP contribution is 2.37. The van der Waals surface area contributed by atoms with Crippen LogP contribution in [0.25, 0.3) is 11.1 Å². The Labute approximate surface area is 209 Å². The predicted octanol–water partition coefficient (Wildman–Crippen LogP) is 5.68. The van der Waals surface area contributed by atoms with Gasteiger partial charge in [0.2, 0.25) is 0 Å². The van der Waals surface area contributed by atoms with E-state index in [4.69, 9.17) is 9.84 Å². The zero-order valence-corrected chi connectivity index (χ0v) is 20.6. The molecule has 2 aromatic rings. The van der Waals surface area contributed by atoms with Gasteiger partial charge in [0.1, 0.15) is 0 Å². The summed E-state index contributed by atoms with van der Waals surface area (Å²) >= 11 is 0. The molecule has 0 spiro atoms. The Morgan fingerprint density at radius 2 is 1.69 bits per heavy atom. The van der Waals surface area contributed by atoms with Crippen LogP contribution in [0.2, 0.25) is 0 Å². The van der Waals surface area contributed by atoms with Gasteiger partial charge in [0, 0.05) is 24.8 Å². The summed E-state index contributed by atoms with van der Waals surface area (Å²) in [6, 6.07) is 19.0. The molecule has 0 bridgehead atoms. The van der Waals surface area contributed by atoms with Crippen molar-refractivity contribution in [1.29, 1.82) is 0 Å². The molecule has 35 heavy (non-hydrogen) atoms. The number of hydrogen-bond acceptors (Lipinski definition) is 4. The zero-order valence-electron chi connectivity index (χ0n) is 20.6. The van der Waals surface area contributed by atoms with E-state index in [1.54, 1.807) is 0 Å². The second kappa shape index (κ2) is 13.0. The van der Waals surface area contributed by atoms with E-state index in [0.29, 0.717) is 19.4 Å². The summed E-state index contributed by atoms with van der Waals surface area (Å²) < 4.78 is 6.45. The predicted molar refractivity (Wildman–Crippen MR) is 139 cm³/mol. The first-order chi connectivity index (χ1) is 17.1. The molecule has 0 amide bonds. The molecule has 1 saturated carbocycles. The van der Waals surface area contributed by atoms with E-state index < -0.39 is 5.97 Å². The van der Waals surface area contributed by atoms with Crippen molar-refractivity contribution in [2.75, 3.05) is 13.1 Å². The second-order valence-corrected chi connectivity index (χ2v) is 9.96. The van der Waals surface area contributed by atoms with E-state index in [1.807, 2.05) is 6.07 Å². The number of ether oxygens (including phenoxy) is 1. The number of carboxylic acid groups (broad SMARTS) is 1. The number of carboxylic acids is 1. The average molecular weight is 478 g/mol. The number of benzene rings is 2. The van der Waals surface area contributed by atoms with E-state index >= 15 is 0 Å². The molecule has 1 heterocycles. The molecular weight excluding hydrogens is 438 g/mol. The van der Waals surface area contributed by atoms with Crippen molar-refractivity contribution in [3.05, 3.63) is 72.3 Å². The fourth-order valence-electron chi connectivity index (χ4n) is 5.64. The molecule has 1 aliphatic carbocycles. The lowest BCUT2D eigenvalue weighted by molar-refractivity contribution is -0.137. The molecule has 4 rings (SSSR count). The number of piperidine rings is 1. The minimum atomic E-state index is -0.743. The van der Waals surface area contributed by atoms with Crippen LogP contribution in [-0.2, 0) is 16.1 Å². The van der Waals surface area contributed by atoms with Crippen LogP contribution in [0.3, 0.4) is 0 Å². The number of aliphatic carboxylic acids is 1. The normalized spacial score (nSPS) is 25.3.